The molecule has 20 heavy (non-hydrogen) atoms. The topological polar surface area (TPSA) is 66.6 Å². The number of nitrogens with zero attached hydrogens (tertiary/aromatic N) is 1. The van der Waals surface area contributed by atoms with Gasteiger partial charge in [-0.25, -0.2) is 0 Å². The van der Waals surface area contributed by atoms with Crippen LogP contribution in [-0.4, -0.2) is 24.2 Å². The zero-order valence-electron chi connectivity index (χ0n) is 11.9. The fourth-order valence-corrected chi connectivity index (χ4v) is 2.97. The van der Waals surface area contributed by atoms with Crippen LogP contribution in [0, 0.1) is 5.92 Å². The van der Waals surface area contributed by atoms with Gasteiger partial charge >= 0.3 is 0 Å². The number of amides is 1. The van der Waals surface area contributed by atoms with Crippen LogP contribution in [0.3, 0.4) is 0 Å². The minimum Gasteiger partial charge on any atom is -0.397 e. The first-order valence-corrected chi connectivity index (χ1v) is 7.48. The molecule has 0 saturated heterocycles. The minimum atomic E-state index is -0.0521. The second-order valence-corrected chi connectivity index (χ2v) is 5.52. The molecule has 0 aliphatic heterocycles. The molecule has 0 spiro atoms. The second kappa shape index (κ2) is 7.29. The number of rotatable bonds is 6. The number of carbonyl (C=O) groups excluding carboxylic acids is 1. The third-order valence-electron chi connectivity index (χ3n) is 4.09. The molecule has 0 unspecified atom stereocenters. The van der Waals surface area contributed by atoms with Gasteiger partial charge in [-0.2, -0.15) is 0 Å². The number of nitrogens with two attached hydrogens (primary N) is 1. The molecule has 2 rings (SSSR count). The van der Waals surface area contributed by atoms with Crippen LogP contribution in [-0.2, 0) is 4.79 Å². The number of para-hydroxylation sites is 2. The molecule has 1 aliphatic carbocycles. The fourth-order valence-electron chi connectivity index (χ4n) is 2.97. The summed E-state index contributed by atoms with van der Waals surface area (Å²) in [5.41, 5.74) is 7.22. The van der Waals surface area contributed by atoms with E-state index in [0.29, 0.717) is 30.3 Å². The number of hydrogen-bond donors (Lipinski definition) is 2. The molecule has 1 aromatic carbocycles. The summed E-state index contributed by atoms with van der Waals surface area (Å²) in [6.07, 6.45) is 6.59. The van der Waals surface area contributed by atoms with Gasteiger partial charge in [0.1, 0.15) is 0 Å². The van der Waals surface area contributed by atoms with Crippen molar-refractivity contribution in [2.75, 3.05) is 23.8 Å². The Hall–Kier alpha value is -1.55. The number of aliphatic hydroxyl groups excluding tert-OH is 1. The lowest BCUT2D eigenvalue weighted by atomic mass is 10.0. The summed E-state index contributed by atoms with van der Waals surface area (Å²) >= 11 is 0. The van der Waals surface area contributed by atoms with Crippen LogP contribution in [0.1, 0.15) is 38.5 Å². The van der Waals surface area contributed by atoms with Crippen LogP contribution in [0.25, 0.3) is 0 Å². The number of hydrogen-bond acceptors (Lipinski definition) is 3. The molecule has 0 bridgehead atoms. The van der Waals surface area contributed by atoms with Gasteiger partial charge in [-0.1, -0.05) is 37.8 Å². The first-order chi connectivity index (χ1) is 9.72. The quantitative estimate of drug-likeness (QED) is 0.785. The molecule has 3 N–H and O–H groups in total. The molecule has 1 amide bonds. The van der Waals surface area contributed by atoms with E-state index in [-0.39, 0.29) is 12.5 Å². The number of anilines is 2. The van der Waals surface area contributed by atoms with Crippen molar-refractivity contribution in [3.8, 4) is 0 Å². The monoisotopic (exact) mass is 276 g/mol. The highest BCUT2D eigenvalue weighted by molar-refractivity contribution is 5.96. The average molecular weight is 276 g/mol. The van der Waals surface area contributed by atoms with Crippen LogP contribution in [0.5, 0.6) is 0 Å². The maximum Gasteiger partial charge on any atom is 0.227 e. The maximum atomic E-state index is 12.4. The molecule has 1 fully saturated rings. The summed E-state index contributed by atoms with van der Waals surface area (Å²) in [7, 11) is 0. The van der Waals surface area contributed by atoms with E-state index in [1.54, 1.807) is 11.0 Å². The molecule has 0 atom stereocenters. The van der Waals surface area contributed by atoms with E-state index in [1.807, 2.05) is 18.2 Å². The van der Waals surface area contributed by atoms with Crippen molar-refractivity contribution in [2.45, 2.75) is 38.5 Å². The lowest BCUT2D eigenvalue weighted by molar-refractivity contribution is -0.119. The predicted octanol–water partition coefficient (Wildman–Crippen LogP) is 2.56. The van der Waals surface area contributed by atoms with E-state index in [0.717, 1.165) is 6.42 Å². The molecule has 0 heterocycles. The number of benzene rings is 1. The van der Waals surface area contributed by atoms with Gasteiger partial charge in [0.15, 0.2) is 0 Å². The Bertz CT molecular complexity index is 442. The first-order valence-electron chi connectivity index (χ1n) is 7.48. The second-order valence-electron chi connectivity index (χ2n) is 5.52. The minimum absolute atomic E-state index is 0.0521. The Morgan fingerprint density at radius 3 is 2.65 bits per heavy atom. The van der Waals surface area contributed by atoms with E-state index >= 15 is 0 Å². The van der Waals surface area contributed by atoms with Crippen LogP contribution in [0.15, 0.2) is 24.3 Å². The van der Waals surface area contributed by atoms with Crippen molar-refractivity contribution in [2.24, 2.45) is 5.92 Å². The molecule has 1 aliphatic rings. The van der Waals surface area contributed by atoms with Crippen LogP contribution in [0.2, 0.25) is 0 Å². The largest absolute Gasteiger partial charge is 0.397 e. The molecular weight excluding hydrogens is 252 g/mol. The number of carbonyl (C=O) groups is 1. The van der Waals surface area contributed by atoms with Gasteiger partial charge in [0.2, 0.25) is 5.91 Å². The molecule has 1 saturated carbocycles. The van der Waals surface area contributed by atoms with Crippen LogP contribution < -0.4 is 10.6 Å². The highest BCUT2D eigenvalue weighted by Crippen LogP contribution is 2.29. The van der Waals surface area contributed by atoms with Crippen molar-refractivity contribution < 1.29 is 9.90 Å². The Labute approximate surface area is 120 Å². The number of aliphatic hydroxyl groups is 1. The summed E-state index contributed by atoms with van der Waals surface area (Å²) < 4.78 is 0. The van der Waals surface area contributed by atoms with E-state index in [1.165, 1.54) is 25.7 Å². The normalized spacial score (nSPS) is 15.4. The van der Waals surface area contributed by atoms with E-state index in [9.17, 15) is 9.90 Å². The van der Waals surface area contributed by atoms with Crippen molar-refractivity contribution in [3.05, 3.63) is 24.3 Å². The molecule has 1 aromatic rings. The molecular formula is C16H24N2O2. The standard InChI is InChI=1S/C16H24N2O2/c17-14-7-3-4-8-15(14)18(11-12-19)16(20)10-9-13-5-1-2-6-13/h3-4,7-8,13,19H,1-2,5-6,9-12,17H2. The van der Waals surface area contributed by atoms with E-state index in [2.05, 4.69) is 0 Å². The van der Waals surface area contributed by atoms with E-state index < -0.39 is 0 Å². The third kappa shape index (κ3) is 3.73. The Morgan fingerprint density at radius 2 is 2.00 bits per heavy atom. The van der Waals surface area contributed by atoms with Gasteiger partial charge in [-0.15, -0.1) is 0 Å². The van der Waals surface area contributed by atoms with Gasteiger partial charge < -0.3 is 15.7 Å². The Kier molecular flexibility index (Phi) is 5.41. The highest BCUT2D eigenvalue weighted by atomic mass is 16.3. The van der Waals surface area contributed by atoms with Crippen LogP contribution in [0.4, 0.5) is 11.4 Å². The number of nitrogen functional groups attached to an aromatic ring is 1. The first kappa shape index (κ1) is 14.9. The fraction of sp³-hybridized carbons (Fsp3) is 0.562. The maximum absolute atomic E-state index is 12.4. The van der Waals surface area contributed by atoms with E-state index in [4.69, 9.17) is 5.73 Å². The van der Waals surface area contributed by atoms with Gasteiger partial charge in [-0.05, 0) is 24.5 Å². The summed E-state index contributed by atoms with van der Waals surface area (Å²) in [6.45, 7) is 0.251. The zero-order valence-corrected chi connectivity index (χ0v) is 11.9. The van der Waals surface area contributed by atoms with Crippen molar-refractivity contribution >= 4 is 17.3 Å². The summed E-state index contributed by atoms with van der Waals surface area (Å²) in [5.74, 6) is 0.756. The van der Waals surface area contributed by atoms with Crippen LogP contribution >= 0.6 is 0 Å². The lowest BCUT2D eigenvalue weighted by Gasteiger charge is -2.24. The SMILES string of the molecule is Nc1ccccc1N(CCO)C(=O)CCC1CCCC1. The van der Waals surface area contributed by atoms with Gasteiger partial charge in [-0.3, -0.25) is 4.79 Å². The predicted molar refractivity (Wildman–Crippen MR) is 81.5 cm³/mol. The van der Waals surface area contributed by atoms with Crippen molar-refractivity contribution in [3.63, 3.8) is 0 Å². The summed E-state index contributed by atoms with van der Waals surface area (Å²) in [4.78, 5) is 14.0. The molecule has 110 valence electrons. The van der Waals surface area contributed by atoms with Crippen molar-refractivity contribution in [1.29, 1.82) is 0 Å². The summed E-state index contributed by atoms with van der Waals surface area (Å²) in [6, 6.07) is 7.32. The average Bonchev–Trinajstić information content (AvgIpc) is 2.96. The lowest BCUT2D eigenvalue weighted by Crippen LogP contribution is -2.34. The molecule has 0 radical (unpaired) electrons. The third-order valence-corrected chi connectivity index (χ3v) is 4.09. The molecule has 4 nitrogen and oxygen atoms in total. The zero-order chi connectivity index (χ0) is 14.4. The van der Waals surface area contributed by atoms with Gasteiger partial charge in [0.05, 0.1) is 18.0 Å². The Balaban J connectivity index is 2.00. The molecule has 4 heteroatoms. The van der Waals surface area contributed by atoms with Gasteiger partial charge in [0, 0.05) is 13.0 Å². The summed E-state index contributed by atoms with van der Waals surface area (Å²) in [5, 5.41) is 9.18. The smallest absolute Gasteiger partial charge is 0.227 e. The Morgan fingerprint density at radius 1 is 1.30 bits per heavy atom. The highest BCUT2D eigenvalue weighted by Gasteiger charge is 2.20. The van der Waals surface area contributed by atoms with Crippen molar-refractivity contribution in [1.82, 2.24) is 0 Å². The van der Waals surface area contributed by atoms with Gasteiger partial charge in [0.25, 0.3) is 0 Å². The molecule has 0 aromatic heterocycles.